The number of allylic oxidation sites excluding steroid dienone is 7. The highest BCUT2D eigenvalue weighted by Crippen LogP contribution is 2.69. The van der Waals surface area contributed by atoms with Gasteiger partial charge in [-0.15, -0.1) is 0 Å². The van der Waals surface area contributed by atoms with Crippen LogP contribution in [0.1, 0.15) is 70.2 Å². The number of fused-ring (bicyclic) bond motifs is 11. The van der Waals surface area contributed by atoms with Gasteiger partial charge in [0.2, 0.25) is 0 Å². The van der Waals surface area contributed by atoms with Crippen LogP contribution in [0.4, 0.5) is 0 Å². The lowest BCUT2D eigenvalue weighted by Crippen LogP contribution is -2.30. The number of aromatic nitrogens is 1. The van der Waals surface area contributed by atoms with E-state index in [0.717, 1.165) is 75.2 Å². The third kappa shape index (κ3) is 5.34. The lowest BCUT2D eigenvalue weighted by atomic mass is 9.65. The normalized spacial score (nSPS) is 20.5. The van der Waals surface area contributed by atoms with Gasteiger partial charge in [0.15, 0.2) is 0 Å². The van der Waals surface area contributed by atoms with E-state index in [4.69, 9.17) is 9.41 Å². The van der Waals surface area contributed by atoms with E-state index in [9.17, 15) is 0 Å². The molecule has 3 nitrogen and oxygen atoms in total. The van der Waals surface area contributed by atoms with Gasteiger partial charge in [0.1, 0.15) is 11.2 Å². The van der Waals surface area contributed by atoms with Crippen LogP contribution in [0.25, 0.3) is 61.0 Å². The lowest BCUT2D eigenvalue weighted by Gasteiger charge is -2.36. The molecule has 2 heterocycles. The van der Waals surface area contributed by atoms with E-state index < -0.39 is 5.41 Å². The Labute approximate surface area is 361 Å². The third-order valence-electron chi connectivity index (χ3n) is 14.3. The highest BCUT2D eigenvalue weighted by molar-refractivity contribution is 6.25. The number of nitrogens with zero attached hydrogens (tertiary/aromatic N) is 1. The molecule has 9 aromatic rings. The Morgan fingerprint density at radius 3 is 2.35 bits per heavy atom. The zero-order valence-corrected chi connectivity index (χ0v) is 34.4. The average molecular weight is 797 g/mol. The molecule has 1 saturated carbocycles. The number of furan rings is 1. The summed E-state index contributed by atoms with van der Waals surface area (Å²) in [6.45, 7) is 0.543. The predicted molar refractivity (Wildman–Crippen MR) is 257 cm³/mol. The Morgan fingerprint density at radius 1 is 0.726 bits per heavy atom. The van der Waals surface area contributed by atoms with Gasteiger partial charge >= 0.3 is 0 Å². The van der Waals surface area contributed by atoms with Crippen molar-refractivity contribution >= 4 is 66.7 Å². The molecule has 0 saturated heterocycles. The van der Waals surface area contributed by atoms with Crippen molar-refractivity contribution in [3.8, 4) is 0 Å². The number of nitrogens with one attached hydrogen (secondary N) is 1. The van der Waals surface area contributed by atoms with Crippen molar-refractivity contribution in [1.82, 2.24) is 4.98 Å². The summed E-state index contributed by atoms with van der Waals surface area (Å²) in [7, 11) is 0. The van der Waals surface area contributed by atoms with Crippen LogP contribution in [0.3, 0.4) is 0 Å². The van der Waals surface area contributed by atoms with E-state index in [1.54, 1.807) is 11.1 Å². The van der Waals surface area contributed by atoms with Crippen LogP contribution in [-0.2, 0) is 12.0 Å². The smallest absolute Gasteiger partial charge is 0.145 e. The van der Waals surface area contributed by atoms with E-state index in [0.29, 0.717) is 12.5 Å². The van der Waals surface area contributed by atoms with E-state index in [1.165, 1.54) is 56.0 Å². The van der Waals surface area contributed by atoms with Gasteiger partial charge in [-0.2, -0.15) is 0 Å². The summed E-state index contributed by atoms with van der Waals surface area (Å²) < 4.78 is 7.29. The van der Waals surface area contributed by atoms with Gasteiger partial charge in [-0.3, -0.25) is 4.99 Å². The number of aliphatic imine (C=N–C) groups is 1. The first-order valence-electron chi connectivity index (χ1n) is 22.2. The molecule has 0 amide bonds. The molecule has 62 heavy (non-hydrogen) atoms. The standard InChI is InChI=1S/C59H44N2O/c1-5-16-37(17-6-1)28-30-52(40-20-9-3-10-21-40)60-36-38-29-31-53-48(32-38)55-56(61-53)51(35-47-44-26-15-25-43(57(44)62-58(47)55)39-18-7-2-8-19-39)59(42-22-11-4-12-23-42)49-27-14-13-24-45(49)54-46-33-41(46)34-50(54)59/h1-7,9-18,20-32,35,41,46,61H,8,19,33-34,36H2/b30-28+,60-52+. The molecular weight excluding hydrogens is 753 g/mol. The van der Waals surface area contributed by atoms with E-state index >= 15 is 0 Å². The molecular formula is C59H44N2O. The molecule has 7 aromatic carbocycles. The SMILES string of the molecule is C1=CCCC(c2cccc3c2oc2c3cc(C3(c4ccccc4)C4=C(c5ccccc53)C3CC3C4)c3[nH]c4ccc(C/N=C(\C=C\c5ccccc5)c5ccccc5)cc4c32)=C1. The molecule has 296 valence electrons. The summed E-state index contributed by atoms with van der Waals surface area (Å²) in [6, 6.07) is 57.8. The van der Waals surface area contributed by atoms with E-state index in [1.807, 2.05) is 0 Å². The van der Waals surface area contributed by atoms with Crippen molar-refractivity contribution in [2.45, 2.75) is 37.6 Å². The predicted octanol–water partition coefficient (Wildman–Crippen LogP) is 14.8. The fraction of sp³-hybridized carbons (Fsp3) is 0.136. The maximum absolute atomic E-state index is 7.29. The molecule has 3 unspecified atom stereocenters. The second-order valence-corrected chi connectivity index (χ2v) is 17.7. The molecule has 4 aliphatic rings. The fourth-order valence-electron chi connectivity index (χ4n) is 11.4. The number of H-pyrrole nitrogens is 1. The molecule has 4 aliphatic carbocycles. The number of hydrogen-bond donors (Lipinski definition) is 1. The van der Waals surface area contributed by atoms with Crippen molar-refractivity contribution in [2.75, 3.05) is 0 Å². The number of rotatable bonds is 8. The summed E-state index contributed by atoms with van der Waals surface area (Å²) in [5, 5.41) is 4.65. The van der Waals surface area contributed by atoms with Gasteiger partial charge in [0.05, 0.1) is 28.6 Å². The van der Waals surface area contributed by atoms with Crippen LogP contribution in [0.15, 0.2) is 197 Å². The maximum atomic E-state index is 7.29. The minimum absolute atomic E-state index is 0.450. The summed E-state index contributed by atoms with van der Waals surface area (Å²) in [5.41, 5.74) is 19.3. The summed E-state index contributed by atoms with van der Waals surface area (Å²) in [4.78, 5) is 9.37. The molecule has 0 bridgehead atoms. The Bertz CT molecular complexity index is 3430. The first-order chi connectivity index (χ1) is 30.7. The fourth-order valence-corrected chi connectivity index (χ4v) is 11.4. The van der Waals surface area contributed by atoms with Crippen molar-refractivity contribution in [1.29, 1.82) is 0 Å². The summed E-state index contributed by atoms with van der Waals surface area (Å²) in [6.07, 6.45) is 15.5. The van der Waals surface area contributed by atoms with Crippen LogP contribution in [0, 0.1) is 11.8 Å². The molecule has 3 heteroatoms. The Morgan fingerprint density at radius 2 is 1.52 bits per heavy atom. The number of benzene rings is 7. The van der Waals surface area contributed by atoms with Crippen LogP contribution in [0.2, 0.25) is 0 Å². The van der Waals surface area contributed by atoms with Crippen molar-refractivity contribution < 1.29 is 4.42 Å². The Hall–Kier alpha value is -7.23. The van der Waals surface area contributed by atoms with Crippen molar-refractivity contribution in [3.05, 3.63) is 232 Å². The molecule has 13 rings (SSSR count). The monoisotopic (exact) mass is 796 g/mol. The Kier molecular flexibility index (Phi) is 7.97. The molecule has 2 aromatic heterocycles. The van der Waals surface area contributed by atoms with E-state index in [-0.39, 0.29) is 0 Å². The summed E-state index contributed by atoms with van der Waals surface area (Å²) in [5.74, 6) is 1.39. The van der Waals surface area contributed by atoms with Gasteiger partial charge < -0.3 is 9.40 Å². The van der Waals surface area contributed by atoms with Gasteiger partial charge in [-0.1, -0.05) is 164 Å². The number of hydrogen-bond acceptors (Lipinski definition) is 2. The molecule has 0 spiro atoms. The highest BCUT2D eigenvalue weighted by Gasteiger charge is 2.59. The molecule has 0 radical (unpaired) electrons. The van der Waals surface area contributed by atoms with Gasteiger partial charge in [0, 0.05) is 27.2 Å². The highest BCUT2D eigenvalue weighted by atomic mass is 16.3. The zero-order valence-electron chi connectivity index (χ0n) is 34.4. The topological polar surface area (TPSA) is 41.3 Å². The third-order valence-corrected chi connectivity index (χ3v) is 14.3. The zero-order chi connectivity index (χ0) is 40.8. The van der Waals surface area contributed by atoms with Gasteiger partial charge in [0.25, 0.3) is 0 Å². The second-order valence-electron chi connectivity index (χ2n) is 17.7. The van der Waals surface area contributed by atoms with Crippen LogP contribution < -0.4 is 0 Å². The first kappa shape index (κ1) is 35.5. The minimum Gasteiger partial charge on any atom is -0.455 e. The molecule has 3 atom stereocenters. The Balaban J connectivity index is 1.08. The first-order valence-corrected chi connectivity index (χ1v) is 22.2. The van der Waals surface area contributed by atoms with Crippen molar-refractivity contribution in [2.24, 2.45) is 16.8 Å². The molecule has 0 aliphatic heterocycles. The van der Waals surface area contributed by atoms with Crippen LogP contribution in [-0.4, -0.2) is 10.7 Å². The van der Waals surface area contributed by atoms with E-state index in [2.05, 4.69) is 193 Å². The van der Waals surface area contributed by atoms with Gasteiger partial charge in [-0.25, -0.2) is 0 Å². The minimum atomic E-state index is -0.450. The average Bonchev–Trinajstić information content (AvgIpc) is 3.58. The van der Waals surface area contributed by atoms with Gasteiger partial charge in [-0.05, 0) is 117 Å². The number of aromatic amines is 1. The maximum Gasteiger partial charge on any atom is 0.145 e. The second kappa shape index (κ2) is 13.9. The molecule has 1 N–H and O–H groups in total. The largest absolute Gasteiger partial charge is 0.455 e. The summed E-state index contributed by atoms with van der Waals surface area (Å²) >= 11 is 0. The lowest BCUT2D eigenvalue weighted by molar-refractivity contribution is 0.668. The van der Waals surface area contributed by atoms with Crippen LogP contribution >= 0.6 is 0 Å². The number of para-hydroxylation sites is 1. The molecule has 1 fully saturated rings. The quantitative estimate of drug-likeness (QED) is 0.153. The van der Waals surface area contributed by atoms with Crippen LogP contribution in [0.5, 0.6) is 0 Å². The van der Waals surface area contributed by atoms with Crippen molar-refractivity contribution in [3.63, 3.8) is 0 Å².